The zero-order valence-corrected chi connectivity index (χ0v) is 17.0. The van der Waals surface area contributed by atoms with Gasteiger partial charge in [0.05, 0.1) is 14.2 Å². The fraction of sp³-hybridized carbons (Fsp3) is 0.227. The Balaban J connectivity index is 1.89. The van der Waals surface area contributed by atoms with E-state index in [2.05, 4.69) is 15.3 Å². The maximum Gasteiger partial charge on any atom is 0.277 e. The molecule has 0 saturated carbocycles. The number of methoxy groups -OCH3 is 2. The van der Waals surface area contributed by atoms with E-state index in [1.807, 2.05) is 50.2 Å². The summed E-state index contributed by atoms with van der Waals surface area (Å²) in [6.07, 6.45) is 0. The van der Waals surface area contributed by atoms with E-state index in [9.17, 15) is 4.79 Å². The van der Waals surface area contributed by atoms with Crippen LogP contribution in [0, 0.1) is 6.92 Å². The van der Waals surface area contributed by atoms with E-state index in [-0.39, 0.29) is 5.91 Å². The molecule has 7 heteroatoms. The van der Waals surface area contributed by atoms with Gasteiger partial charge in [0.1, 0.15) is 5.69 Å². The predicted molar refractivity (Wildman–Crippen MR) is 113 cm³/mol. The summed E-state index contributed by atoms with van der Waals surface area (Å²) >= 11 is 0. The molecule has 2 aromatic carbocycles. The van der Waals surface area contributed by atoms with Crippen LogP contribution in [-0.2, 0) is 0 Å². The van der Waals surface area contributed by atoms with Crippen molar-refractivity contribution in [2.75, 3.05) is 31.0 Å². The predicted octanol–water partition coefficient (Wildman–Crippen LogP) is 4.21. The second-order valence-corrected chi connectivity index (χ2v) is 6.30. The van der Waals surface area contributed by atoms with Crippen LogP contribution >= 0.6 is 0 Å². The van der Waals surface area contributed by atoms with E-state index in [1.54, 1.807) is 37.3 Å². The number of amides is 1. The van der Waals surface area contributed by atoms with Crippen molar-refractivity contribution in [1.29, 1.82) is 0 Å². The summed E-state index contributed by atoms with van der Waals surface area (Å²) < 4.78 is 10.6. The molecule has 0 radical (unpaired) electrons. The van der Waals surface area contributed by atoms with Gasteiger partial charge in [-0.25, -0.2) is 9.97 Å². The van der Waals surface area contributed by atoms with Crippen LogP contribution in [0.25, 0.3) is 0 Å². The molecule has 3 aromatic rings. The molecule has 0 saturated heterocycles. The van der Waals surface area contributed by atoms with Crippen molar-refractivity contribution in [3.8, 4) is 11.5 Å². The van der Waals surface area contributed by atoms with Gasteiger partial charge in [-0.3, -0.25) is 4.79 Å². The van der Waals surface area contributed by atoms with Crippen LogP contribution in [0.4, 0.5) is 17.3 Å². The van der Waals surface area contributed by atoms with Gasteiger partial charge in [0.2, 0.25) is 5.95 Å². The van der Waals surface area contributed by atoms with Crippen LogP contribution < -0.4 is 19.7 Å². The van der Waals surface area contributed by atoms with Gasteiger partial charge in [0.15, 0.2) is 11.5 Å². The van der Waals surface area contributed by atoms with Crippen molar-refractivity contribution in [3.05, 3.63) is 66.0 Å². The molecule has 150 valence electrons. The molecule has 29 heavy (non-hydrogen) atoms. The Hall–Kier alpha value is -3.61. The average Bonchev–Trinajstić information content (AvgIpc) is 2.74. The first-order chi connectivity index (χ1) is 14.0. The van der Waals surface area contributed by atoms with Gasteiger partial charge in [-0.15, -0.1) is 0 Å². The number of rotatable bonds is 7. The zero-order valence-electron chi connectivity index (χ0n) is 17.0. The van der Waals surface area contributed by atoms with Gasteiger partial charge in [0.25, 0.3) is 5.91 Å². The molecule has 0 aliphatic carbocycles. The highest BCUT2D eigenvalue weighted by Gasteiger charge is 2.19. The first kappa shape index (κ1) is 20.1. The number of hydrogen-bond donors (Lipinski definition) is 1. The lowest BCUT2D eigenvalue weighted by Crippen LogP contribution is -2.31. The summed E-state index contributed by atoms with van der Waals surface area (Å²) in [4.78, 5) is 23.6. The molecule has 1 N–H and O–H groups in total. The second kappa shape index (κ2) is 9.05. The number of nitrogens with zero attached hydrogens (tertiary/aromatic N) is 3. The first-order valence-corrected chi connectivity index (χ1v) is 9.27. The molecule has 1 amide bonds. The van der Waals surface area contributed by atoms with Crippen molar-refractivity contribution >= 4 is 23.2 Å². The fourth-order valence-corrected chi connectivity index (χ4v) is 2.97. The number of hydrogen-bond acceptors (Lipinski definition) is 6. The highest BCUT2D eigenvalue weighted by atomic mass is 16.5. The third-order valence-corrected chi connectivity index (χ3v) is 4.34. The summed E-state index contributed by atoms with van der Waals surface area (Å²) in [6, 6.07) is 16.6. The molecule has 1 heterocycles. The third-order valence-electron chi connectivity index (χ3n) is 4.34. The molecule has 0 aliphatic heterocycles. The molecular weight excluding hydrogens is 368 g/mol. The minimum atomic E-state index is -0.181. The quantitative estimate of drug-likeness (QED) is 0.649. The highest BCUT2D eigenvalue weighted by Crippen LogP contribution is 2.30. The van der Waals surface area contributed by atoms with Gasteiger partial charge < -0.3 is 19.7 Å². The average molecular weight is 392 g/mol. The van der Waals surface area contributed by atoms with Crippen molar-refractivity contribution in [3.63, 3.8) is 0 Å². The second-order valence-electron chi connectivity index (χ2n) is 6.30. The summed E-state index contributed by atoms with van der Waals surface area (Å²) in [7, 11) is 3.16. The smallest absolute Gasteiger partial charge is 0.277 e. The molecular formula is C22H24N4O3. The number of carbonyl (C=O) groups excluding carboxylic acids is 1. The molecule has 0 aliphatic rings. The maximum absolute atomic E-state index is 13.1. The van der Waals surface area contributed by atoms with E-state index >= 15 is 0 Å². The lowest BCUT2D eigenvalue weighted by Gasteiger charge is -2.21. The van der Waals surface area contributed by atoms with Crippen LogP contribution in [0.15, 0.2) is 54.6 Å². The monoisotopic (exact) mass is 392 g/mol. The Kier molecular flexibility index (Phi) is 6.29. The number of carbonyl (C=O) groups is 1. The standard InChI is InChI=1S/C22H24N4O3/c1-5-26(17-9-7-6-8-10-17)21(27)18-13-15(2)23-22(25-18)24-16-11-12-19(28-3)20(14-16)29-4/h6-14H,5H2,1-4H3,(H,23,24,25). The zero-order chi connectivity index (χ0) is 20.8. The SMILES string of the molecule is CCN(C(=O)c1cc(C)nc(Nc2ccc(OC)c(OC)c2)n1)c1ccccc1. The van der Waals surface area contributed by atoms with E-state index < -0.39 is 0 Å². The first-order valence-electron chi connectivity index (χ1n) is 9.27. The number of aromatic nitrogens is 2. The molecule has 0 atom stereocenters. The number of nitrogens with one attached hydrogen (secondary N) is 1. The number of benzene rings is 2. The summed E-state index contributed by atoms with van der Waals surface area (Å²) in [5, 5.41) is 3.13. The third kappa shape index (κ3) is 4.63. The van der Waals surface area contributed by atoms with Gasteiger partial charge in [-0.05, 0) is 44.2 Å². The Labute approximate surface area is 170 Å². The van der Waals surface area contributed by atoms with Crippen LogP contribution in [0.2, 0.25) is 0 Å². The van der Waals surface area contributed by atoms with Crippen molar-refractivity contribution in [2.24, 2.45) is 0 Å². The van der Waals surface area contributed by atoms with Crippen LogP contribution in [0.5, 0.6) is 11.5 Å². The van der Waals surface area contributed by atoms with Crippen molar-refractivity contribution in [2.45, 2.75) is 13.8 Å². The van der Waals surface area contributed by atoms with Crippen LogP contribution in [-0.4, -0.2) is 36.6 Å². The van der Waals surface area contributed by atoms with Gasteiger partial charge in [-0.2, -0.15) is 0 Å². The molecule has 0 unspecified atom stereocenters. The van der Waals surface area contributed by atoms with E-state index in [0.29, 0.717) is 35.4 Å². The topological polar surface area (TPSA) is 76.6 Å². The lowest BCUT2D eigenvalue weighted by atomic mass is 10.2. The molecule has 0 spiro atoms. The lowest BCUT2D eigenvalue weighted by molar-refractivity contribution is 0.0983. The normalized spacial score (nSPS) is 10.3. The van der Waals surface area contributed by atoms with Crippen LogP contribution in [0.1, 0.15) is 23.1 Å². The van der Waals surface area contributed by atoms with E-state index in [1.165, 1.54) is 0 Å². The largest absolute Gasteiger partial charge is 0.493 e. The highest BCUT2D eigenvalue weighted by molar-refractivity contribution is 6.05. The summed E-state index contributed by atoms with van der Waals surface area (Å²) in [6.45, 7) is 4.29. The van der Waals surface area contributed by atoms with E-state index in [4.69, 9.17) is 9.47 Å². The molecule has 1 aromatic heterocycles. The molecule has 7 nitrogen and oxygen atoms in total. The Bertz CT molecular complexity index is 993. The Morgan fingerprint density at radius 1 is 1.00 bits per heavy atom. The number of aryl methyl sites for hydroxylation is 1. The molecule has 3 rings (SSSR count). The number of para-hydroxylation sites is 1. The van der Waals surface area contributed by atoms with Crippen molar-refractivity contribution in [1.82, 2.24) is 9.97 Å². The molecule has 0 fully saturated rings. The van der Waals surface area contributed by atoms with Gasteiger partial charge in [0, 0.05) is 29.7 Å². The summed E-state index contributed by atoms with van der Waals surface area (Å²) in [5.74, 6) is 1.37. The maximum atomic E-state index is 13.1. The Morgan fingerprint density at radius 3 is 2.38 bits per heavy atom. The van der Waals surface area contributed by atoms with Crippen molar-refractivity contribution < 1.29 is 14.3 Å². The van der Waals surface area contributed by atoms with Gasteiger partial charge in [-0.1, -0.05) is 18.2 Å². The fourth-order valence-electron chi connectivity index (χ4n) is 2.97. The minimum Gasteiger partial charge on any atom is -0.493 e. The van der Waals surface area contributed by atoms with Gasteiger partial charge >= 0.3 is 0 Å². The Morgan fingerprint density at radius 2 is 1.72 bits per heavy atom. The molecule has 0 bridgehead atoms. The minimum absolute atomic E-state index is 0.181. The summed E-state index contributed by atoms with van der Waals surface area (Å²) in [5.41, 5.74) is 2.56. The van der Waals surface area contributed by atoms with Crippen LogP contribution in [0.3, 0.4) is 0 Å². The van der Waals surface area contributed by atoms with E-state index in [0.717, 1.165) is 11.4 Å². The number of ether oxygens (including phenoxy) is 2. The number of anilines is 3.